The summed E-state index contributed by atoms with van der Waals surface area (Å²) >= 11 is 0. The van der Waals surface area contributed by atoms with Crippen LogP contribution in [0.5, 0.6) is 0 Å². The van der Waals surface area contributed by atoms with Gasteiger partial charge in [0.15, 0.2) is 0 Å². The summed E-state index contributed by atoms with van der Waals surface area (Å²) in [5.41, 5.74) is 0.621. The topological polar surface area (TPSA) is 12.0 Å². The van der Waals surface area contributed by atoms with Crippen LogP contribution in [0.25, 0.3) is 0 Å². The van der Waals surface area contributed by atoms with Gasteiger partial charge in [-0.05, 0) is 37.6 Å². The zero-order valence-electron chi connectivity index (χ0n) is 9.44. The third-order valence-corrected chi connectivity index (χ3v) is 3.59. The van der Waals surface area contributed by atoms with E-state index in [9.17, 15) is 0 Å². The van der Waals surface area contributed by atoms with Gasteiger partial charge in [-0.1, -0.05) is 19.8 Å². The molecule has 1 nitrogen and oxygen atoms in total. The lowest BCUT2D eigenvalue weighted by atomic mass is 9.83. The summed E-state index contributed by atoms with van der Waals surface area (Å²) in [7, 11) is 0. The number of terminal acetylenes is 1. The second-order valence-corrected chi connectivity index (χ2v) is 4.55. The van der Waals surface area contributed by atoms with Gasteiger partial charge in [0.25, 0.3) is 0 Å². The predicted octanol–water partition coefficient (Wildman–Crippen LogP) is 2.96. The van der Waals surface area contributed by atoms with Crippen LogP contribution >= 0.6 is 0 Å². The van der Waals surface area contributed by atoms with E-state index in [4.69, 9.17) is 6.42 Å². The maximum Gasteiger partial charge on any atom is 0.00981 e. The fourth-order valence-electron chi connectivity index (χ4n) is 2.45. The van der Waals surface area contributed by atoms with E-state index in [1.54, 1.807) is 0 Å². The highest BCUT2D eigenvalue weighted by molar-refractivity contribution is 4.86. The Morgan fingerprint density at radius 3 is 2.64 bits per heavy atom. The van der Waals surface area contributed by atoms with Gasteiger partial charge >= 0.3 is 0 Å². The van der Waals surface area contributed by atoms with Crippen molar-refractivity contribution in [2.45, 2.75) is 51.9 Å². The normalized spacial score (nSPS) is 19.4. The Kier molecular flexibility index (Phi) is 5.04. The minimum atomic E-state index is 0.621. The largest absolute Gasteiger partial charge is 0.316 e. The van der Waals surface area contributed by atoms with E-state index in [1.165, 1.54) is 38.6 Å². The van der Waals surface area contributed by atoms with Gasteiger partial charge < -0.3 is 5.32 Å². The molecule has 0 amide bonds. The first-order valence-electron chi connectivity index (χ1n) is 5.97. The molecule has 1 fully saturated rings. The van der Waals surface area contributed by atoms with E-state index in [0.29, 0.717) is 5.41 Å². The zero-order chi connectivity index (χ0) is 10.3. The lowest BCUT2D eigenvalue weighted by Gasteiger charge is -2.27. The Bertz CT molecular complexity index is 184. The first-order chi connectivity index (χ1) is 6.83. The van der Waals surface area contributed by atoms with Crippen LogP contribution in [-0.2, 0) is 0 Å². The van der Waals surface area contributed by atoms with Crippen molar-refractivity contribution in [3.63, 3.8) is 0 Å². The third kappa shape index (κ3) is 3.35. The van der Waals surface area contributed by atoms with Crippen LogP contribution in [0.4, 0.5) is 0 Å². The monoisotopic (exact) mass is 193 g/mol. The van der Waals surface area contributed by atoms with Crippen molar-refractivity contribution in [1.82, 2.24) is 5.32 Å². The average molecular weight is 193 g/mol. The van der Waals surface area contributed by atoms with Gasteiger partial charge in [-0.2, -0.15) is 0 Å². The molecule has 1 aliphatic rings. The van der Waals surface area contributed by atoms with Gasteiger partial charge in [0.05, 0.1) is 0 Å². The molecule has 0 aliphatic heterocycles. The van der Waals surface area contributed by atoms with Gasteiger partial charge in [0, 0.05) is 13.0 Å². The molecule has 0 radical (unpaired) electrons. The van der Waals surface area contributed by atoms with Crippen molar-refractivity contribution in [2.24, 2.45) is 5.41 Å². The minimum absolute atomic E-state index is 0.621. The van der Waals surface area contributed by atoms with Crippen LogP contribution in [0, 0.1) is 17.8 Å². The molecule has 1 saturated carbocycles. The molecule has 1 heteroatoms. The van der Waals surface area contributed by atoms with Crippen molar-refractivity contribution in [2.75, 3.05) is 13.1 Å². The number of nitrogens with one attached hydrogen (secondary N) is 1. The van der Waals surface area contributed by atoms with Crippen LogP contribution in [0.15, 0.2) is 0 Å². The quantitative estimate of drug-likeness (QED) is 0.505. The van der Waals surface area contributed by atoms with Crippen molar-refractivity contribution < 1.29 is 0 Å². The molecule has 0 unspecified atom stereocenters. The van der Waals surface area contributed by atoms with Gasteiger partial charge in [-0.15, -0.1) is 12.3 Å². The Morgan fingerprint density at radius 2 is 2.07 bits per heavy atom. The molecule has 0 spiro atoms. The summed E-state index contributed by atoms with van der Waals surface area (Å²) < 4.78 is 0. The molecule has 1 aliphatic carbocycles. The van der Waals surface area contributed by atoms with E-state index in [1.807, 2.05) is 0 Å². The third-order valence-electron chi connectivity index (χ3n) is 3.59. The standard InChI is InChI=1S/C13H23N/c1-3-5-8-11-14-12-13(4-2)9-6-7-10-13/h1,14H,4-12H2,2H3. The van der Waals surface area contributed by atoms with Crippen LogP contribution in [-0.4, -0.2) is 13.1 Å². The van der Waals surface area contributed by atoms with Crippen LogP contribution in [0.2, 0.25) is 0 Å². The van der Waals surface area contributed by atoms with E-state index < -0.39 is 0 Å². The van der Waals surface area contributed by atoms with E-state index >= 15 is 0 Å². The lowest BCUT2D eigenvalue weighted by molar-refractivity contribution is 0.269. The van der Waals surface area contributed by atoms with Crippen molar-refractivity contribution >= 4 is 0 Å². The van der Waals surface area contributed by atoms with Crippen LogP contribution in [0.3, 0.4) is 0 Å². The molecule has 0 heterocycles. The molecule has 0 aromatic carbocycles. The number of rotatable bonds is 6. The molecule has 0 aromatic rings. The van der Waals surface area contributed by atoms with Gasteiger partial charge in [-0.25, -0.2) is 0 Å². The maximum atomic E-state index is 5.21. The number of hydrogen-bond donors (Lipinski definition) is 1. The summed E-state index contributed by atoms with van der Waals surface area (Å²) in [6, 6.07) is 0. The molecule has 0 aromatic heterocycles. The number of unbranched alkanes of at least 4 members (excludes halogenated alkanes) is 1. The van der Waals surface area contributed by atoms with Crippen LogP contribution < -0.4 is 5.32 Å². The summed E-state index contributed by atoms with van der Waals surface area (Å²) in [5, 5.41) is 3.56. The average Bonchev–Trinajstić information content (AvgIpc) is 2.67. The minimum Gasteiger partial charge on any atom is -0.316 e. The molecule has 0 atom stereocenters. The molecular formula is C13H23N. The Balaban J connectivity index is 2.12. The predicted molar refractivity (Wildman–Crippen MR) is 62.1 cm³/mol. The summed E-state index contributed by atoms with van der Waals surface area (Å²) in [4.78, 5) is 0. The van der Waals surface area contributed by atoms with Crippen molar-refractivity contribution in [1.29, 1.82) is 0 Å². The van der Waals surface area contributed by atoms with Crippen LogP contribution in [0.1, 0.15) is 51.9 Å². The Labute approximate surface area is 88.7 Å². The first-order valence-corrected chi connectivity index (χ1v) is 5.97. The molecule has 0 bridgehead atoms. The highest BCUT2D eigenvalue weighted by Crippen LogP contribution is 2.40. The van der Waals surface area contributed by atoms with Crippen molar-refractivity contribution in [3.8, 4) is 12.3 Å². The smallest absolute Gasteiger partial charge is 0.00981 e. The molecule has 0 saturated heterocycles. The fraction of sp³-hybridized carbons (Fsp3) is 0.846. The Hall–Kier alpha value is -0.480. The molecule has 1 rings (SSSR count). The second-order valence-electron chi connectivity index (χ2n) is 4.55. The van der Waals surface area contributed by atoms with E-state index in [-0.39, 0.29) is 0 Å². The molecule has 80 valence electrons. The Morgan fingerprint density at radius 1 is 1.36 bits per heavy atom. The second kappa shape index (κ2) is 6.09. The summed E-state index contributed by atoms with van der Waals surface area (Å²) in [6.45, 7) is 4.62. The first kappa shape index (κ1) is 11.6. The fourth-order valence-corrected chi connectivity index (χ4v) is 2.45. The van der Waals surface area contributed by atoms with Gasteiger partial charge in [0.1, 0.15) is 0 Å². The maximum absolute atomic E-state index is 5.21. The van der Waals surface area contributed by atoms with E-state index in [2.05, 4.69) is 18.2 Å². The SMILES string of the molecule is C#CCCCNCC1(CC)CCCC1. The van der Waals surface area contributed by atoms with Crippen molar-refractivity contribution in [3.05, 3.63) is 0 Å². The zero-order valence-corrected chi connectivity index (χ0v) is 9.44. The highest BCUT2D eigenvalue weighted by atomic mass is 14.9. The number of hydrogen-bond acceptors (Lipinski definition) is 1. The summed E-state index contributed by atoms with van der Waals surface area (Å²) in [6.07, 6.45) is 14.3. The van der Waals surface area contributed by atoms with E-state index in [0.717, 1.165) is 19.4 Å². The van der Waals surface area contributed by atoms with Gasteiger partial charge in [-0.3, -0.25) is 0 Å². The molecule has 1 N–H and O–H groups in total. The lowest BCUT2D eigenvalue weighted by Crippen LogP contribution is -2.32. The van der Waals surface area contributed by atoms with Gasteiger partial charge in [0.2, 0.25) is 0 Å². The summed E-state index contributed by atoms with van der Waals surface area (Å²) in [5.74, 6) is 2.68. The molecular weight excluding hydrogens is 170 g/mol. The molecule has 14 heavy (non-hydrogen) atoms. The highest BCUT2D eigenvalue weighted by Gasteiger charge is 2.30.